The average Bonchev–Trinajstić information content (AvgIpc) is 2.65. The number of carboxylic acid groups (broad SMARTS) is 1. The fourth-order valence-electron chi connectivity index (χ4n) is 2.06. The third-order valence-electron chi connectivity index (χ3n) is 2.76. The van der Waals surface area contributed by atoms with Gasteiger partial charge in [-0.3, -0.25) is 4.79 Å². The lowest BCUT2D eigenvalue weighted by Crippen LogP contribution is -2.34. The van der Waals surface area contributed by atoms with Crippen molar-refractivity contribution >= 4 is 5.97 Å². The minimum atomic E-state index is -0.873. The number of carboxylic acids is 1. The Labute approximate surface area is 86.9 Å². The largest absolute Gasteiger partial charge is 0.480 e. The van der Waals surface area contributed by atoms with Crippen LogP contribution in [0.25, 0.3) is 0 Å². The van der Waals surface area contributed by atoms with Crippen LogP contribution in [-0.2, 0) is 4.79 Å². The highest BCUT2D eigenvalue weighted by molar-refractivity contribution is 5.75. The first-order valence-corrected chi connectivity index (χ1v) is 4.90. The number of carbonyl (C=O) groups is 1. The Morgan fingerprint density at radius 3 is 3.00 bits per heavy atom. The minimum Gasteiger partial charge on any atom is -0.480 e. The van der Waals surface area contributed by atoms with Crippen molar-refractivity contribution < 1.29 is 14.3 Å². The monoisotopic (exact) mass is 209 g/mol. The molecule has 2 atom stereocenters. The predicted octanol–water partition coefficient (Wildman–Crippen LogP) is 1.36. The summed E-state index contributed by atoms with van der Waals surface area (Å²) >= 11 is 0. The molecule has 0 aromatic heterocycles. The van der Waals surface area contributed by atoms with Crippen LogP contribution < -0.4 is 5.32 Å². The van der Waals surface area contributed by atoms with Crippen LogP contribution in [0.4, 0.5) is 4.39 Å². The molecule has 0 aliphatic carbocycles. The summed E-state index contributed by atoms with van der Waals surface area (Å²) in [5, 5.41) is 11.9. The molecular formula is C11H12FNO2. The molecule has 3 nitrogen and oxygen atoms in total. The van der Waals surface area contributed by atoms with Gasteiger partial charge in [0.05, 0.1) is 0 Å². The number of aliphatic carboxylic acids is 1. The number of halogens is 1. The molecule has 1 aliphatic rings. The second-order valence-corrected chi connectivity index (χ2v) is 3.72. The van der Waals surface area contributed by atoms with Gasteiger partial charge in [0.2, 0.25) is 0 Å². The summed E-state index contributed by atoms with van der Waals surface area (Å²) in [5.74, 6) is -1.32. The summed E-state index contributed by atoms with van der Waals surface area (Å²) in [6.07, 6.45) is 0.737. The molecule has 1 fully saturated rings. The molecule has 1 saturated heterocycles. The fraction of sp³-hybridized carbons (Fsp3) is 0.364. The van der Waals surface area contributed by atoms with Crippen molar-refractivity contribution in [2.75, 3.05) is 6.54 Å². The van der Waals surface area contributed by atoms with Crippen molar-refractivity contribution in [2.45, 2.75) is 18.4 Å². The van der Waals surface area contributed by atoms with Gasteiger partial charge in [-0.25, -0.2) is 4.39 Å². The molecule has 1 aromatic carbocycles. The summed E-state index contributed by atoms with van der Waals surface area (Å²) in [6.45, 7) is 0.665. The maximum absolute atomic E-state index is 13.0. The topological polar surface area (TPSA) is 49.3 Å². The molecule has 2 rings (SSSR count). The highest BCUT2D eigenvalue weighted by Gasteiger charge is 2.33. The normalized spacial score (nSPS) is 25.4. The van der Waals surface area contributed by atoms with E-state index < -0.39 is 12.0 Å². The van der Waals surface area contributed by atoms with E-state index in [1.165, 1.54) is 12.1 Å². The second kappa shape index (κ2) is 3.98. The summed E-state index contributed by atoms with van der Waals surface area (Å²) < 4.78 is 13.0. The van der Waals surface area contributed by atoms with Gasteiger partial charge in [0.1, 0.15) is 11.9 Å². The number of hydrogen-bond donors (Lipinski definition) is 2. The molecular weight excluding hydrogens is 197 g/mol. The van der Waals surface area contributed by atoms with Crippen LogP contribution in [0.2, 0.25) is 0 Å². The van der Waals surface area contributed by atoms with Crippen LogP contribution in [0, 0.1) is 5.82 Å². The Morgan fingerprint density at radius 1 is 1.53 bits per heavy atom. The molecule has 0 spiro atoms. The molecule has 4 heteroatoms. The van der Waals surface area contributed by atoms with E-state index >= 15 is 0 Å². The van der Waals surface area contributed by atoms with Crippen LogP contribution in [0.3, 0.4) is 0 Å². The maximum atomic E-state index is 13.0. The lowest BCUT2D eigenvalue weighted by atomic mass is 9.92. The van der Waals surface area contributed by atoms with Gasteiger partial charge in [0.15, 0.2) is 0 Å². The smallest absolute Gasteiger partial charge is 0.321 e. The zero-order chi connectivity index (χ0) is 10.8. The summed E-state index contributed by atoms with van der Waals surface area (Å²) in [6, 6.07) is 5.57. The van der Waals surface area contributed by atoms with E-state index in [0.717, 1.165) is 12.0 Å². The van der Waals surface area contributed by atoms with Gasteiger partial charge >= 0.3 is 5.97 Å². The quantitative estimate of drug-likeness (QED) is 0.773. The molecule has 1 aromatic rings. The molecule has 0 radical (unpaired) electrons. The Bertz CT molecular complexity index is 381. The first-order chi connectivity index (χ1) is 7.18. The average molecular weight is 209 g/mol. The van der Waals surface area contributed by atoms with Crippen molar-refractivity contribution in [3.8, 4) is 0 Å². The van der Waals surface area contributed by atoms with Gasteiger partial charge in [-0.05, 0) is 30.7 Å². The Kier molecular flexibility index (Phi) is 2.68. The third-order valence-corrected chi connectivity index (χ3v) is 2.76. The molecule has 15 heavy (non-hydrogen) atoms. The lowest BCUT2D eigenvalue weighted by molar-refractivity contribution is -0.139. The number of rotatable bonds is 2. The molecule has 0 bridgehead atoms. The lowest BCUT2D eigenvalue weighted by Gasteiger charge is -2.15. The van der Waals surface area contributed by atoms with Crippen molar-refractivity contribution in [1.82, 2.24) is 5.32 Å². The summed E-state index contributed by atoms with van der Waals surface area (Å²) in [7, 11) is 0. The van der Waals surface area contributed by atoms with E-state index in [9.17, 15) is 9.18 Å². The van der Waals surface area contributed by atoms with Crippen LogP contribution in [0.5, 0.6) is 0 Å². The van der Waals surface area contributed by atoms with Crippen LogP contribution in [0.1, 0.15) is 17.9 Å². The molecule has 0 saturated carbocycles. The van der Waals surface area contributed by atoms with Crippen LogP contribution in [-0.4, -0.2) is 23.7 Å². The van der Waals surface area contributed by atoms with E-state index in [4.69, 9.17) is 5.11 Å². The molecule has 80 valence electrons. The number of benzene rings is 1. The molecule has 2 unspecified atom stereocenters. The maximum Gasteiger partial charge on any atom is 0.321 e. The van der Waals surface area contributed by atoms with Crippen molar-refractivity contribution in [1.29, 1.82) is 0 Å². The van der Waals surface area contributed by atoms with Gasteiger partial charge in [0, 0.05) is 5.92 Å². The van der Waals surface area contributed by atoms with E-state index in [1.54, 1.807) is 12.1 Å². The van der Waals surface area contributed by atoms with Gasteiger partial charge in [0.25, 0.3) is 0 Å². The van der Waals surface area contributed by atoms with Crippen LogP contribution in [0.15, 0.2) is 24.3 Å². The molecule has 1 heterocycles. The fourth-order valence-corrected chi connectivity index (χ4v) is 2.06. The third kappa shape index (κ3) is 1.99. The first kappa shape index (κ1) is 10.1. The highest BCUT2D eigenvalue weighted by Crippen LogP contribution is 2.28. The van der Waals surface area contributed by atoms with Gasteiger partial charge < -0.3 is 10.4 Å². The SMILES string of the molecule is O=C(O)C1NCCC1c1cccc(F)c1. The minimum absolute atomic E-state index is 0.127. The highest BCUT2D eigenvalue weighted by atomic mass is 19.1. The van der Waals surface area contributed by atoms with E-state index in [0.29, 0.717) is 6.54 Å². The summed E-state index contributed by atoms with van der Waals surface area (Å²) in [4.78, 5) is 10.9. The number of hydrogen-bond acceptors (Lipinski definition) is 2. The van der Waals surface area contributed by atoms with Crippen molar-refractivity contribution in [3.05, 3.63) is 35.6 Å². The van der Waals surface area contributed by atoms with Crippen LogP contribution >= 0.6 is 0 Å². The van der Waals surface area contributed by atoms with Crippen molar-refractivity contribution in [3.63, 3.8) is 0 Å². The van der Waals surface area contributed by atoms with E-state index in [-0.39, 0.29) is 11.7 Å². The second-order valence-electron chi connectivity index (χ2n) is 3.72. The zero-order valence-electron chi connectivity index (χ0n) is 8.11. The Morgan fingerprint density at radius 2 is 2.33 bits per heavy atom. The first-order valence-electron chi connectivity index (χ1n) is 4.90. The van der Waals surface area contributed by atoms with Crippen molar-refractivity contribution in [2.24, 2.45) is 0 Å². The molecule has 1 aliphatic heterocycles. The standard InChI is InChI=1S/C11H12FNO2/c12-8-3-1-2-7(6-8)9-4-5-13-10(9)11(14)15/h1-3,6,9-10,13H,4-5H2,(H,14,15). The Hall–Kier alpha value is -1.42. The van der Waals surface area contributed by atoms with Gasteiger partial charge in [-0.2, -0.15) is 0 Å². The number of nitrogens with one attached hydrogen (secondary N) is 1. The molecule has 0 amide bonds. The molecule has 2 N–H and O–H groups in total. The van der Waals surface area contributed by atoms with E-state index in [1.807, 2.05) is 0 Å². The van der Waals surface area contributed by atoms with E-state index in [2.05, 4.69) is 5.32 Å². The van der Waals surface area contributed by atoms with Gasteiger partial charge in [-0.15, -0.1) is 0 Å². The van der Waals surface area contributed by atoms with Gasteiger partial charge in [-0.1, -0.05) is 12.1 Å². The summed E-state index contributed by atoms with van der Waals surface area (Å²) in [5.41, 5.74) is 0.757. The Balaban J connectivity index is 2.26. The predicted molar refractivity (Wildman–Crippen MR) is 53.2 cm³/mol. The zero-order valence-corrected chi connectivity index (χ0v) is 8.11.